The van der Waals surface area contributed by atoms with Crippen LogP contribution in [0, 0.1) is 0 Å². The van der Waals surface area contributed by atoms with Crippen LogP contribution in [0.5, 0.6) is 0 Å². The largest absolute Gasteiger partial charge is 0.444 e. The molecule has 0 aromatic heterocycles. The summed E-state index contributed by atoms with van der Waals surface area (Å²) in [7, 11) is 0. The van der Waals surface area contributed by atoms with Gasteiger partial charge in [0.15, 0.2) is 0 Å². The molecule has 1 rings (SSSR count). The Bertz CT molecular complexity index is 299. The van der Waals surface area contributed by atoms with Crippen molar-refractivity contribution in [2.24, 2.45) is 0 Å². The Kier molecular flexibility index (Phi) is 5.29. The third kappa shape index (κ3) is 4.26. The molecular formula is C13H24INO3. The standard InChI is InChI=1S/C13H24INO3/c1-12(2,3)18-11(16)15-10(7-6-8-14)9-17-13(15,4)5/h10H,6-9H2,1-5H3. The summed E-state index contributed by atoms with van der Waals surface area (Å²) in [5, 5.41) is 0. The lowest BCUT2D eigenvalue weighted by atomic mass is 10.1. The van der Waals surface area contributed by atoms with E-state index in [4.69, 9.17) is 9.47 Å². The van der Waals surface area contributed by atoms with Gasteiger partial charge in [0.1, 0.15) is 11.3 Å². The number of amides is 1. The topological polar surface area (TPSA) is 38.8 Å². The second-order valence-electron chi connectivity index (χ2n) is 6.09. The first-order valence-corrected chi connectivity index (χ1v) is 7.92. The molecule has 1 aliphatic rings. The third-order valence-corrected chi connectivity index (χ3v) is 3.60. The van der Waals surface area contributed by atoms with Gasteiger partial charge in [-0.15, -0.1) is 0 Å². The first-order valence-electron chi connectivity index (χ1n) is 6.39. The Hall–Kier alpha value is -0.0400. The highest BCUT2D eigenvalue weighted by molar-refractivity contribution is 14.1. The average Bonchev–Trinajstić information content (AvgIpc) is 2.48. The fourth-order valence-electron chi connectivity index (χ4n) is 2.09. The summed E-state index contributed by atoms with van der Waals surface area (Å²) in [6, 6.07) is 0.129. The lowest BCUT2D eigenvalue weighted by Gasteiger charge is -2.35. The summed E-state index contributed by atoms with van der Waals surface area (Å²) in [4.78, 5) is 14.0. The Morgan fingerprint density at radius 3 is 2.61 bits per heavy atom. The van der Waals surface area contributed by atoms with Gasteiger partial charge in [0.25, 0.3) is 0 Å². The number of halogens is 1. The lowest BCUT2D eigenvalue weighted by Crippen LogP contribution is -2.49. The van der Waals surface area contributed by atoms with Crippen LogP contribution in [0.4, 0.5) is 4.79 Å². The normalized spacial score (nSPS) is 23.2. The molecule has 1 unspecified atom stereocenters. The van der Waals surface area contributed by atoms with Gasteiger partial charge in [-0.2, -0.15) is 0 Å². The van der Waals surface area contributed by atoms with Gasteiger partial charge in [0.2, 0.25) is 0 Å². The summed E-state index contributed by atoms with van der Waals surface area (Å²) in [5.74, 6) is 0. The molecule has 0 aliphatic carbocycles. The van der Waals surface area contributed by atoms with Gasteiger partial charge >= 0.3 is 6.09 Å². The Labute approximate surface area is 124 Å². The summed E-state index contributed by atoms with van der Waals surface area (Å²) in [6.45, 7) is 10.1. The molecule has 1 saturated heterocycles. The van der Waals surface area contributed by atoms with E-state index in [9.17, 15) is 4.79 Å². The molecular weight excluding hydrogens is 345 g/mol. The van der Waals surface area contributed by atoms with Gasteiger partial charge in [-0.05, 0) is 51.9 Å². The van der Waals surface area contributed by atoms with Crippen molar-refractivity contribution in [3.8, 4) is 0 Å². The Balaban J connectivity index is 2.75. The molecule has 1 amide bonds. The molecule has 0 N–H and O–H groups in total. The van der Waals surface area contributed by atoms with Crippen molar-refractivity contribution in [1.82, 2.24) is 4.90 Å². The molecule has 1 atom stereocenters. The minimum atomic E-state index is -0.571. The molecule has 106 valence electrons. The second-order valence-corrected chi connectivity index (χ2v) is 7.17. The van der Waals surface area contributed by atoms with Crippen LogP contribution < -0.4 is 0 Å². The first kappa shape index (κ1) is 16.0. The number of ether oxygens (including phenoxy) is 2. The number of hydrogen-bond donors (Lipinski definition) is 0. The fourth-order valence-corrected chi connectivity index (χ4v) is 2.53. The van der Waals surface area contributed by atoms with E-state index in [1.165, 1.54) is 0 Å². The van der Waals surface area contributed by atoms with Crippen molar-refractivity contribution in [3.05, 3.63) is 0 Å². The van der Waals surface area contributed by atoms with E-state index in [1.807, 2.05) is 34.6 Å². The molecule has 18 heavy (non-hydrogen) atoms. The maximum absolute atomic E-state index is 12.3. The zero-order valence-electron chi connectivity index (χ0n) is 12.0. The van der Waals surface area contributed by atoms with Crippen LogP contribution in [0.15, 0.2) is 0 Å². The SMILES string of the molecule is CC(C)(C)OC(=O)N1C(CCCI)COC1(C)C. The molecule has 0 saturated carbocycles. The summed E-state index contributed by atoms with van der Waals surface area (Å²) in [6.07, 6.45) is 1.78. The highest BCUT2D eigenvalue weighted by atomic mass is 127. The van der Waals surface area contributed by atoms with Crippen LogP contribution in [0.3, 0.4) is 0 Å². The molecule has 0 radical (unpaired) electrons. The number of hydrogen-bond acceptors (Lipinski definition) is 3. The number of rotatable bonds is 3. The van der Waals surface area contributed by atoms with Gasteiger partial charge in [-0.25, -0.2) is 4.79 Å². The summed E-state index contributed by atoms with van der Waals surface area (Å²) < 4.78 is 12.3. The van der Waals surface area contributed by atoms with E-state index >= 15 is 0 Å². The van der Waals surface area contributed by atoms with Crippen LogP contribution in [-0.2, 0) is 9.47 Å². The average molecular weight is 369 g/mol. The zero-order valence-corrected chi connectivity index (χ0v) is 14.1. The van der Waals surface area contributed by atoms with Crippen molar-refractivity contribution in [1.29, 1.82) is 0 Å². The molecule has 1 fully saturated rings. The zero-order chi connectivity index (χ0) is 14.0. The highest BCUT2D eigenvalue weighted by Crippen LogP contribution is 2.31. The minimum Gasteiger partial charge on any atom is -0.444 e. The maximum atomic E-state index is 12.3. The molecule has 4 nitrogen and oxygen atoms in total. The monoisotopic (exact) mass is 369 g/mol. The molecule has 0 aromatic carbocycles. The first-order chi connectivity index (χ1) is 8.17. The fraction of sp³-hybridized carbons (Fsp3) is 0.923. The molecule has 0 aromatic rings. The number of alkyl halides is 1. The van der Waals surface area contributed by atoms with E-state index in [2.05, 4.69) is 22.6 Å². The molecule has 1 aliphatic heterocycles. The third-order valence-electron chi connectivity index (χ3n) is 2.84. The highest BCUT2D eigenvalue weighted by Gasteiger charge is 2.45. The molecule has 0 spiro atoms. The van der Waals surface area contributed by atoms with Crippen molar-refractivity contribution in [2.45, 2.75) is 64.8 Å². The van der Waals surface area contributed by atoms with Gasteiger partial charge in [-0.1, -0.05) is 22.6 Å². The quantitative estimate of drug-likeness (QED) is 0.564. The van der Waals surface area contributed by atoms with Crippen LogP contribution in [-0.4, -0.2) is 39.4 Å². The van der Waals surface area contributed by atoms with Gasteiger partial charge in [-0.3, -0.25) is 4.90 Å². The predicted molar refractivity (Wildman–Crippen MR) is 80.0 cm³/mol. The van der Waals surface area contributed by atoms with Crippen molar-refractivity contribution in [2.75, 3.05) is 11.0 Å². The van der Waals surface area contributed by atoms with Gasteiger partial charge < -0.3 is 9.47 Å². The van der Waals surface area contributed by atoms with E-state index in [0.29, 0.717) is 6.61 Å². The predicted octanol–water partition coefficient (Wildman–Crippen LogP) is 3.57. The van der Waals surface area contributed by atoms with E-state index in [-0.39, 0.29) is 12.1 Å². The van der Waals surface area contributed by atoms with Gasteiger partial charge in [0, 0.05) is 0 Å². The van der Waals surface area contributed by atoms with Gasteiger partial charge in [0.05, 0.1) is 12.6 Å². The van der Waals surface area contributed by atoms with Crippen LogP contribution >= 0.6 is 22.6 Å². The minimum absolute atomic E-state index is 0.129. The second kappa shape index (κ2) is 5.94. The number of carbonyl (C=O) groups is 1. The summed E-state index contributed by atoms with van der Waals surface area (Å²) >= 11 is 2.35. The lowest BCUT2D eigenvalue weighted by molar-refractivity contribution is -0.0626. The maximum Gasteiger partial charge on any atom is 0.412 e. The molecule has 5 heteroatoms. The summed E-state index contributed by atoms with van der Waals surface area (Å²) in [5.41, 5.74) is -1.04. The van der Waals surface area contributed by atoms with E-state index in [1.54, 1.807) is 4.90 Å². The van der Waals surface area contributed by atoms with Crippen LogP contribution in [0.1, 0.15) is 47.5 Å². The van der Waals surface area contributed by atoms with Crippen molar-refractivity contribution in [3.63, 3.8) is 0 Å². The number of nitrogens with zero attached hydrogens (tertiary/aromatic N) is 1. The molecule has 0 bridgehead atoms. The van der Waals surface area contributed by atoms with Crippen LogP contribution in [0.2, 0.25) is 0 Å². The van der Waals surface area contributed by atoms with Crippen molar-refractivity contribution >= 4 is 28.7 Å². The van der Waals surface area contributed by atoms with Crippen LogP contribution in [0.25, 0.3) is 0 Å². The smallest absolute Gasteiger partial charge is 0.412 e. The Morgan fingerprint density at radius 2 is 2.11 bits per heavy atom. The molecule has 1 heterocycles. The van der Waals surface area contributed by atoms with E-state index < -0.39 is 11.3 Å². The number of carbonyl (C=O) groups excluding carboxylic acids is 1. The Morgan fingerprint density at radius 1 is 1.50 bits per heavy atom. The van der Waals surface area contributed by atoms with Crippen molar-refractivity contribution < 1.29 is 14.3 Å². The van der Waals surface area contributed by atoms with E-state index in [0.717, 1.165) is 17.3 Å².